The monoisotopic (exact) mass is 533 g/mol. The van der Waals surface area contributed by atoms with Crippen LogP contribution >= 0.6 is 11.6 Å². The molecule has 5 rings (SSSR count). The number of carbonyl (C=O) groups is 1. The van der Waals surface area contributed by atoms with Crippen molar-refractivity contribution < 1.29 is 14.3 Å². The number of nitrogens with one attached hydrogen (secondary N) is 1. The number of piperazine rings is 1. The zero-order valence-corrected chi connectivity index (χ0v) is 21.9. The quantitative estimate of drug-likeness (QED) is 0.382. The number of carbonyl (C=O) groups excluding carboxylic acids is 1. The predicted octanol–water partition coefficient (Wildman–Crippen LogP) is 3.98. The summed E-state index contributed by atoms with van der Waals surface area (Å²) in [5.74, 6) is 2.08. The number of ether oxygens (including phenoxy) is 2. The zero-order chi connectivity index (χ0) is 26.6. The Labute approximate surface area is 225 Å². The third-order valence-corrected chi connectivity index (χ3v) is 6.65. The van der Waals surface area contributed by atoms with Gasteiger partial charge in [0.2, 0.25) is 5.95 Å². The van der Waals surface area contributed by atoms with E-state index in [4.69, 9.17) is 31.8 Å². The second-order valence-electron chi connectivity index (χ2n) is 8.80. The number of anilines is 2. The first-order valence-corrected chi connectivity index (χ1v) is 12.5. The van der Waals surface area contributed by atoms with Gasteiger partial charge in [-0.15, -0.1) is 0 Å². The molecule has 4 aromatic rings. The van der Waals surface area contributed by atoms with Gasteiger partial charge in [-0.25, -0.2) is 14.8 Å². The summed E-state index contributed by atoms with van der Waals surface area (Å²) in [6, 6.07) is 16.7. The number of nitrogens with zero attached hydrogens (tertiary/aromatic N) is 5. The number of halogens is 1. The number of methoxy groups -OCH3 is 2. The fourth-order valence-corrected chi connectivity index (χ4v) is 4.66. The Balaban J connectivity index is 1.33. The average Bonchev–Trinajstić information content (AvgIpc) is 2.95. The van der Waals surface area contributed by atoms with E-state index in [1.165, 1.54) is 0 Å². The van der Waals surface area contributed by atoms with Crippen molar-refractivity contribution in [1.82, 2.24) is 25.2 Å². The zero-order valence-electron chi connectivity index (χ0n) is 21.1. The lowest BCUT2D eigenvalue weighted by Crippen LogP contribution is -2.52. The molecule has 38 heavy (non-hydrogen) atoms. The molecule has 1 fully saturated rings. The summed E-state index contributed by atoms with van der Waals surface area (Å²) in [4.78, 5) is 30.4. The molecule has 196 valence electrons. The van der Waals surface area contributed by atoms with E-state index in [0.717, 1.165) is 16.8 Å². The Kier molecular flexibility index (Phi) is 7.32. The summed E-state index contributed by atoms with van der Waals surface area (Å²) < 4.78 is 10.8. The second kappa shape index (κ2) is 11.0. The van der Waals surface area contributed by atoms with Crippen molar-refractivity contribution in [3.63, 3.8) is 0 Å². The van der Waals surface area contributed by atoms with Gasteiger partial charge in [0.05, 0.1) is 25.4 Å². The van der Waals surface area contributed by atoms with E-state index in [0.29, 0.717) is 66.1 Å². The molecular weight excluding hydrogens is 506 g/mol. The number of fused-ring (bicyclic) bond motifs is 1. The van der Waals surface area contributed by atoms with Gasteiger partial charge in [-0.3, -0.25) is 0 Å². The van der Waals surface area contributed by atoms with Crippen molar-refractivity contribution in [2.24, 2.45) is 0 Å². The van der Waals surface area contributed by atoms with E-state index < -0.39 is 0 Å². The number of benzene rings is 2. The minimum absolute atomic E-state index is 0.120. The summed E-state index contributed by atoms with van der Waals surface area (Å²) in [7, 11) is 3.20. The van der Waals surface area contributed by atoms with Gasteiger partial charge in [-0.1, -0.05) is 23.7 Å². The first-order valence-electron chi connectivity index (χ1n) is 12.1. The number of urea groups is 1. The normalized spacial score (nSPS) is 13.4. The van der Waals surface area contributed by atoms with E-state index in [1.807, 2.05) is 48.5 Å². The molecule has 1 aliphatic heterocycles. The van der Waals surface area contributed by atoms with Crippen molar-refractivity contribution in [1.29, 1.82) is 0 Å². The third kappa shape index (κ3) is 5.35. The van der Waals surface area contributed by atoms with Gasteiger partial charge < -0.3 is 30.3 Å². The second-order valence-corrected chi connectivity index (χ2v) is 9.24. The van der Waals surface area contributed by atoms with Crippen molar-refractivity contribution in [3.8, 4) is 22.8 Å². The van der Waals surface area contributed by atoms with Crippen LogP contribution in [0.1, 0.15) is 5.56 Å². The highest BCUT2D eigenvalue weighted by Crippen LogP contribution is 2.33. The Morgan fingerprint density at radius 1 is 0.974 bits per heavy atom. The summed E-state index contributed by atoms with van der Waals surface area (Å²) in [6.45, 7) is 2.64. The van der Waals surface area contributed by atoms with Gasteiger partial charge in [-0.2, -0.15) is 4.98 Å². The molecule has 1 saturated heterocycles. The molecule has 2 aromatic heterocycles. The predicted molar refractivity (Wildman–Crippen MR) is 148 cm³/mol. The van der Waals surface area contributed by atoms with Gasteiger partial charge in [0.25, 0.3) is 0 Å². The Morgan fingerprint density at radius 2 is 1.76 bits per heavy atom. The number of nitrogen functional groups attached to an aromatic ring is 1. The molecule has 0 spiro atoms. The van der Waals surface area contributed by atoms with E-state index in [1.54, 1.807) is 25.2 Å². The maximum atomic E-state index is 12.8. The largest absolute Gasteiger partial charge is 0.493 e. The van der Waals surface area contributed by atoms with Crippen molar-refractivity contribution in [2.45, 2.75) is 6.54 Å². The molecule has 10 nitrogen and oxygen atoms in total. The van der Waals surface area contributed by atoms with Crippen LogP contribution in [0.4, 0.5) is 16.6 Å². The molecule has 0 saturated carbocycles. The van der Waals surface area contributed by atoms with Gasteiger partial charge in [0.1, 0.15) is 5.52 Å². The number of pyridine rings is 1. The molecule has 0 unspecified atom stereocenters. The highest BCUT2D eigenvalue weighted by atomic mass is 35.5. The lowest BCUT2D eigenvalue weighted by atomic mass is 10.1. The number of aromatic nitrogens is 3. The fraction of sp³-hybridized carbons (Fsp3) is 0.259. The van der Waals surface area contributed by atoms with Gasteiger partial charge in [0.15, 0.2) is 17.3 Å². The van der Waals surface area contributed by atoms with Crippen molar-refractivity contribution >= 4 is 40.4 Å². The van der Waals surface area contributed by atoms with Crippen molar-refractivity contribution in [2.75, 3.05) is 51.0 Å². The minimum atomic E-state index is -0.120. The summed E-state index contributed by atoms with van der Waals surface area (Å²) in [5.41, 5.74) is 9.90. The highest BCUT2D eigenvalue weighted by Gasteiger charge is 2.24. The van der Waals surface area contributed by atoms with Gasteiger partial charge in [0, 0.05) is 43.3 Å². The van der Waals surface area contributed by atoms with Crippen LogP contribution in [0.3, 0.4) is 0 Å². The maximum Gasteiger partial charge on any atom is 0.317 e. The summed E-state index contributed by atoms with van der Waals surface area (Å²) in [5, 5.41) is 3.61. The Morgan fingerprint density at radius 3 is 2.50 bits per heavy atom. The number of rotatable bonds is 6. The van der Waals surface area contributed by atoms with E-state index >= 15 is 0 Å². The topological polar surface area (TPSA) is 119 Å². The molecule has 3 N–H and O–H groups in total. The van der Waals surface area contributed by atoms with Crippen LogP contribution in [0, 0.1) is 0 Å². The first-order chi connectivity index (χ1) is 18.4. The molecule has 1 aliphatic rings. The molecule has 0 radical (unpaired) electrons. The molecule has 0 aliphatic carbocycles. The average molecular weight is 534 g/mol. The van der Waals surface area contributed by atoms with Crippen LogP contribution in [-0.2, 0) is 6.54 Å². The molecule has 2 amide bonds. The summed E-state index contributed by atoms with van der Waals surface area (Å²) in [6.07, 6.45) is 0. The lowest BCUT2D eigenvalue weighted by Gasteiger charge is -2.35. The van der Waals surface area contributed by atoms with Crippen LogP contribution in [0.2, 0.25) is 5.02 Å². The van der Waals surface area contributed by atoms with E-state index in [2.05, 4.69) is 20.2 Å². The van der Waals surface area contributed by atoms with Crippen LogP contribution in [0.25, 0.3) is 22.3 Å². The maximum absolute atomic E-state index is 12.8. The van der Waals surface area contributed by atoms with Crippen LogP contribution in [0.15, 0.2) is 54.6 Å². The number of amides is 2. The van der Waals surface area contributed by atoms with Crippen molar-refractivity contribution in [3.05, 3.63) is 65.2 Å². The SMILES string of the molecule is COc1ccc(-c2ccc3nc(N)nc(N4CCN(C(=O)NCc5cccc(Cl)c5)CC4)c3n2)cc1OC. The van der Waals surface area contributed by atoms with Crippen LogP contribution < -0.4 is 25.4 Å². The highest BCUT2D eigenvalue weighted by molar-refractivity contribution is 6.30. The van der Waals surface area contributed by atoms with Crippen LogP contribution in [0.5, 0.6) is 11.5 Å². The smallest absolute Gasteiger partial charge is 0.317 e. The molecule has 0 bridgehead atoms. The molecule has 3 heterocycles. The molecule has 2 aromatic carbocycles. The fourth-order valence-electron chi connectivity index (χ4n) is 4.45. The molecule has 0 atom stereocenters. The Bertz CT molecular complexity index is 1470. The Hall–Kier alpha value is -4.31. The third-order valence-electron chi connectivity index (χ3n) is 6.42. The van der Waals surface area contributed by atoms with Crippen LogP contribution in [-0.4, -0.2) is 66.3 Å². The molecular formula is C27H28ClN7O3. The lowest BCUT2D eigenvalue weighted by molar-refractivity contribution is 0.194. The van der Waals surface area contributed by atoms with E-state index in [9.17, 15) is 4.79 Å². The summed E-state index contributed by atoms with van der Waals surface area (Å²) >= 11 is 6.04. The minimum Gasteiger partial charge on any atom is -0.493 e. The van der Waals surface area contributed by atoms with E-state index in [-0.39, 0.29) is 12.0 Å². The number of hydrogen-bond acceptors (Lipinski definition) is 8. The standard InChI is InChI=1S/C27H28ClN7O3/c1-37-22-9-6-18(15-23(22)38-2)20-7-8-21-24(31-20)25(33-26(29)32-21)34-10-12-35(13-11-34)27(36)30-16-17-4-3-5-19(28)14-17/h3-9,14-15H,10-13,16H2,1-2H3,(H,30,36)(H2,29,32,33). The number of hydrogen-bond donors (Lipinski definition) is 2. The number of nitrogens with two attached hydrogens (primary N) is 1. The first kappa shape index (κ1) is 25.3. The van der Waals surface area contributed by atoms with Gasteiger partial charge >= 0.3 is 6.03 Å². The van der Waals surface area contributed by atoms with Gasteiger partial charge in [-0.05, 0) is 48.0 Å². The molecule has 11 heteroatoms.